The van der Waals surface area contributed by atoms with Crippen LogP contribution in [-0.2, 0) is 28.7 Å². The number of carboxylic acid groups (broad SMARTS) is 3. The van der Waals surface area contributed by atoms with Crippen molar-refractivity contribution in [2.24, 2.45) is 22.9 Å². The molecule has 0 unspecified atom stereocenters. The molecule has 1 aliphatic heterocycles. The van der Waals surface area contributed by atoms with E-state index in [1.165, 1.54) is 0 Å². The van der Waals surface area contributed by atoms with Crippen molar-refractivity contribution in [2.45, 2.75) is 50.2 Å². The maximum atomic E-state index is 11.3. The van der Waals surface area contributed by atoms with E-state index in [1.54, 1.807) is 0 Å². The Hall–Kier alpha value is -2.81. The molecule has 1 rings (SSSR count). The maximum Gasteiger partial charge on any atom is 0.323 e. The van der Waals surface area contributed by atoms with Crippen LogP contribution in [-0.4, -0.2) is 82.9 Å². The third-order valence-corrected chi connectivity index (χ3v) is 3.53. The maximum absolute atomic E-state index is 11.3. The van der Waals surface area contributed by atoms with Gasteiger partial charge >= 0.3 is 23.9 Å². The van der Waals surface area contributed by atoms with E-state index in [9.17, 15) is 24.0 Å². The van der Waals surface area contributed by atoms with Crippen LogP contribution in [0.1, 0.15) is 32.1 Å². The number of rotatable bonds is 10. The highest BCUT2D eigenvalue weighted by atomic mass is 16.5. The van der Waals surface area contributed by atoms with E-state index in [0.29, 0.717) is 0 Å². The zero-order valence-corrected chi connectivity index (χ0v) is 16.5. The summed E-state index contributed by atoms with van der Waals surface area (Å²) in [4.78, 5) is 51.1. The Balaban J connectivity index is 0. The molecule has 1 amide bonds. The van der Waals surface area contributed by atoms with Crippen LogP contribution in [0.15, 0.2) is 0 Å². The lowest BCUT2D eigenvalue weighted by molar-refractivity contribution is -0.147. The molecule has 3 atom stereocenters. The minimum Gasteiger partial charge on any atom is -0.480 e. The number of hydrogen-bond donors (Lipinski definition) is 8. The molecular weight excluding hydrogens is 406 g/mol. The van der Waals surface area contributed by atoms with Crippen molar-refractivity contribution in [3.8, 4) is 0 Å². The van der Waals surface area contributed by atoms with Crippen LogP contribution in [0.3, 0.4) is 0 Å². The van der Waals surface area contributed by atoms with Gasteiger partial charge in [0.05, 0.1) is 13.2 Å². The lowest BCUT2D eigenvalue weighted by Crippen LogP contribution is -2.35. The fourth-order valence-electron chi connectivity index (χ4n) is 1.82. The first-order chi connectivity index (χ1) is 13.9. The molecule has 0 saturated carbocycles. The summed E-state index contributed by atoms with van der Waals surface area (Å²) in [5.41, 5.74) is 19.6. The van der Waals surface area contributed by atoms with Crippen molar-refractivity contribution >= 4 is 29.8 Å². The Bertz CT molecular complexity index is 567. The number of ether oxygens (including phenoxy) is 1. The summed E-state index contributed by atoms with van der Waals surface area (Å²) in [5.74, 6) is -4.00. The van der Waals surface area contributed by atoms with E-state index in [4.69, 9.17) is 37.3 Å². The molecule has 1 saturated heterocycles. The fraction of sp³-hybridized carbons (Fsp3) is 0.688. The summed E-state index contributed by atoms with van der Waals surface area (Å²) >= 11 is 0. The number of carboxylic acids is 3. The highest BCUT2D eigenvalue weighted by Gasteiger charge is 2.23. The number of esters is 1. The molecule has 0 aliphatic carbocycles. The summed E-state index contributed by atoms with van der Waals surface area (Å²) in [7, 11) is 0. The van der Waals surface area contributed by atoms with Crippen molar-refractivity contribution in [1.82, 2.24) is 5.32 Å². The minimum atomic E-state index is -1.11. The van der Waals surface area contributed by atoms with E-state index in [1.807, 2.05) is 0 Å². The number of primary amides is 1. The second-order valence-corrected chi connectivity index (χ2v) is 6.10. The summed E-state index contributed by atoms with van der Waals surface area (Å²) in [6.45, 7) is 0.610. The van der Waals surface area contributed by atoms with Crippen molar-refractivity contribution in [3.05, 3.63) is 0 Å². The Morgan fingerprint density at radius 3 is 1.87 bits per heavy atom. The molecule has 1 aliphatic rings. The molecule has 1 heterocycles. The highest BCUT2D eigenvalue weighted by molar-refractivity contribution is 5.77. The first kappa shape index (κ1) is 29.4. The van der Waals surface area contributed by atoms with Gasteiger partial charge in [-0.05, 0) is 25.8 Å². The van der Waals surface area contributed by atoms with Crippen LogP contribution in [0.25, 0.3) is 0 Å². The van der Waals surface area contributed by atoms with E-state index in [2.05, 4.69) is 11.1 Å². The molecule has 14 nitrogen and oxygen atoms in total. The molecule has 12 N–H and O–H groups in total. The van der Waals surface area contributed by atoms with Crippen LogP contribution < -0.4 is 28.3 Å². The second kappa shape index (κ2) is 17.1. The Morgan fingerprint density at radius 2 is 1.50 bits per heavy atom. The van der Waals surface area contributed by atoms with Crippen LogP contribution in [0.2, 0.25) is 0 Å². The van der Waals surface area contributed by atoms with Crippen LogP contribution >= 0.6 is 0 Å². The molecule has 14 heteroatoms. The molecule has 0 spiro atoms. The molecule has 0 aromatic rings. The third-order valence-electron chi connectivity index (χ3n) is 3.53. The molecule has 0 aromatic heterocycles. The first-order valence-electron chi connectivity index (χ1n) is 8.99. The lowest BCUT2D eigenvalue weighted by Gasteiger charge is -2.11. The first-order valence-corrected chi connectivity index (χ1v) is 8.99. The number of aliphatic carboxylic acids is 3. The third kappa shape index (κ3) is 17.3. The molecular formula is C16H31N5O9. The molecule has 1 fully saturated rings. The van der Waals surface area contributed by atoms with Gasteiger partial charge in [-0.15, -0.1) is 0 Å². The smallest absolute Gasteiger partial charge is 0.323 e. The fourth-order valence-corrected chi connectivity index (χ4v) is 1.82. The van der Waals surface area contributed by atoms with Gasteiger partial charge in [0.2, 0.25) is 5.91 Å². The van der Waals surface area contributed by atoms with Gasteiger partial charge in [0, 0.05) is 12.8 Å². The Labute approximate surface area is 172 Å². The van der Waals surface area contributed by atoms with Crippen molar-refractivity contribution in [3.63, 3.8) is 0 Å². The summed E-state index contributed by atoms with van der Waals surface area (Å²) in [5, 5.41) is 27.3. The van der Waals surface area contributed by atoms with E-state index in [0.717, 1.165) is 19.4 Å². The molecule has 174 valence electrons. The van der Waals surface area contributed by atoms with Gasteiger partial charge in [0.1, 0.15) is 18.1 Å². The number of carbonyl (C=O) groups excluding carboxylic acids is 2. The summed E-state index contributed by atoms with van der Waals surface area (Å²) in [6.07, 6.45) is 2.02. The SMILES string of the molecule is NC(=O)CC[C@H](N)C(=O)O.NCC(=O)O.N[C@@H](CCOC(=O)[C@@H]1CCCN1)C(=O)O. The zero-order valence-electron chi connectivity index (χ0n) is 16.5. The zero-order chi connectivity index (χ0) is 23.7. The van der Waals surface area contributed by atoms with Gasteiger partial charge < -0.3 is 48.3 Å². The Kier molecular flexibility index (Phi) is 16.7. The highest BCUT2D eigenvalue weighted by Crippen LogP contribution is 2.06. The van der Waals surface area contributed by atoms with Gasteiger partial charge in [-0.1, -0.05) is 0 Å². The number of carbonyl (C=O) groups is 5. The molecule has 0 radical (unpaired) electrons. The topological polar surface area (TPSA) is 271 Å². The van der Waals surface area contributed by atoms with E-state index < -0.39 is 35.9 Å². The molecule has 0 aromatic carbocycles. The average molecular weight is 437 g/mol. The van der Waals surface area contributed by atoms with Crippen LogP contribution in [0.4, 0.5) is 0 Å². The summed E-state index contributed by atoms with van der Waals surface area (Å²) in [6, 6.07) is -2.17. The van der Waals surface area contributed by atoms with Crippen molar-refractivity contribution in [1.29, 1.82) is 0 Å². The monoisotopic (exact) mass is 437 g/mol. The van der Waals surface area contributed by atoms with Crippen molar-refractivity contribution < 1.29 is 44.0 Å². The van der Waals surface area contributed by atoms with Crippen molar-refractivity contribution in [2.75, 3.05) is 19.7 Å². The molecule has 30 heavy (non-hydrogen) atoms. The van der Waals surface area contributed by atoms with Gasteiger partial charge in [0.15, 0.2) is 0 Å². The lowest BCUT2D eigenvalue weighted by atomic mass is 10.2. The predicted octanol–water partition coefficient (Wildman–Crippen LogP) is -3.22. The van der Waals surface area contributed by atoms with Gasteiger partial charge in [-0.3, -0.25) is 24.0 Å². The predicted molar refractivity (Wildman–Crippen MR) is 103 cm³/mol. The van der Waals surface area contributed by atoms with Crippen LogP contribution in [0, 0.1) is 0 Å². The average Bonchev–Trinajstić information content (AvgIpc) is 3.21. The quantitative estimate of drug-likeness (QED) is 0.156. The standard InChI is InChI=1S/C9H16N2O4.C5H10N2O3.C2H5NO2/c10-6(8(12)13)3-5-15-9(14)7-2-1-4-11-7;6-3(5(9)10)1-2-4(7)8;3-1-2(4)5/h6-7,11H,1-5,10H2,(H,12,13);3H,1-2,6H2,(H2,7,8)(H,9,10);1,3H2,(H,4,5)/t6-,7-;3-;/m00./s1. The van der Waals surface area contributed by atoms with E-state index >= 15 is 0 Å². The number of amides is 1. The van der Waals surface area contributed by atoms with Gasteiger partial charge in [-0.2, -0.15) is 0 Å². The minimum absolute atomic E-state index is 0.0213. The Morgan fingerprint density at radius 1 is 1.00 bits per heavy atom. The van der Waals surface area contributed by atoms with E-state index in [-0.39, 0.29) is 44.4 Å². The normalized spacial score (nSPS) is 16.6. The number of nitrogens with one attached hydrogen (secondary N) is 1. The summed E-state index contributed by atoms with van der Waals surface area (Å²) < 4.78 is 4.90. The number of hydrogen-bond acceptors (Lipinski definition) is 10. The van der Waals surface area contributed by atoms with Crippen LogP contribution in [0.5, 0.6) is 0 Å². The largest absolute Gasteiger partial charge is 0.480 e. The second-order valence-electron chi connectivity index (χ2n) is 6.10. The molecule has 0 bridgehead atoms. The van der Waals surface area contributed by atoms with Gasteiger partial charge in [0.25, 0.3) is 0 Å². The van der Waals surface area contributed by atoms with Gasteiger partial charge in [-0.25, -0.2) is 0 Å². The number of nitrogens with two attached hydrogens (primary N) is 4.